The van der Waals surface area contributed by atoms with Gasteiger partial charge in [-0.15, -0.1) is 0 Å². The minimum Gasteiger partial charge on any atom is -0.324 e. The van der Waals surface area contributed by atoms with Crippen molar-refractivity contribution in [1.29, 1.82) is 5.26 Å². The summed E-state index contributed by atoms with van der Waals surface area (Å²) in [4.78, 5) is 0. The van der Waals surface area contributed by atoms with Gasteiger partial charge in [-0.05, 0) is 35.4 Å². The van der Waals surface area contributed by atoms with Crippen LogP contribution in [-0.4, -0.2) is 4.57 Å². The zero-order valence-electron chi connectivity index (χ0n) is 11.3. The molecule has 0 saturated heterocycles. The SMILES string of the molecule is N#CC(c1ccccc1)c1ccc(-n2cccc2)cc1Cl. The molecule has 1 atom stereocenters. The molecule has 1 unspecified atom stereocenters. The molecule has 0 aliphatic carbocycles. The average Bonchev–Trinajstić information content (AvgIpc) is 3.05. The zero-order valence-corrected chi connectivity index (χ0v) is 12.0. The van der Waals surface area contributed by atoms with Crippen LogP contribution in [0.15, 0.2) is 73.1 Å². The fraction of sp³-hybridized carbons (Fsp3) is 0.0556. The van der Waals surface area contributed by atoms with Crippen molar-refractivity contribution in [3.63, 3.8) is 0 Å². The van der Waals surface area contributed by atoms with E-state index < -0.39 is 0 Å². The van der Waals surface area contributed by atoms with E-state index in [1.54, 1.807) is 0 Å². The number of nitriles is 1. The number of halogens is 1. The van der Waals surface area contributed by atoms with E-state index in [4.69, 9.17) is 11.6 Å². The standard InChI is InChI=1S/C18H13ClN2/c19-18-12-15(21-10-4-5-11-21)8-9-16(18)17(13-20)14-6-2-1-3-7-14/h1-12,17H. The van der Waals surface area contributed by atoms with Gasteiger partial charge in [0.05, 0.1) is 12.0 Å². The second-order valence-corrected chi connectivity index (χ2v) is 5.18. The lowest BCUT2D eigenvalue weighted by molar-refractivity contribution is 1.02. The summed E-state index contributed by atoms with van der Waals surface area (Å²) in [5, 5.41) is 10.1. The van der Waals surface area contributed by atoms with E-state index in [2.05, 4.69) is 6.07 Å². The molecule has 1 heterocycles. The lowest BCUT2D eigenvalue weighted by Crippen LogP contribution is -2.00. The molecule has 3 rings (SSSR count). The first-order chi connectivity index (χ1) is 10.3. The molecule has 102 valence electrons. The lowest BCUT2D eigenvalue weighted by Gasteiger charge is -2.13. The number of benzene rings is 2. The van der Waals surface area contributed by atoms with Crippen LogP contribution >= 0.6 is 11.6 Å². The molecule has 0 aliphatic rings. The molecular formula is C18H13ClN2. The van der Waals surface area contributed by atoms with Gasteiger partial charge in [0.15, 0.2) is 0 Å². The summed E-state index contributed by atoms with van der Waals surface area (Å²) < 4.78 is 1.99. The molecular weight excluding hydrogens is 280 g/mol. The Bertz CT molecular complexity index is 771. The molecule has 0 radical (unpaired) electrons. The van der Waals surface area contributed by atoms with Gasteiger partial charge >= 0.3 is 0 Å². The van der Waals surface area contributed by atoms with E-state index in [9.17, 15) is 5.26 Å². The van der Waals surface area contributed by atoms with Crippen molar-refractivity contribution in [3.8, 4) is 11.8 Å². The molecule has 0 amide bonds. The third kappa shape index (κ3) is 2.69. The molecule has 0 aliphatic heterocycles. The second kappa shape index (κ2) is 5.87. The Balaban J connectivity index is 2.01. The number of rotatable bonds is 3. The molecule has 2 nitrogen and oxygen atoms in total. The summed E-state index contributed by atoms with van der Waals surface area (Å²) >= 11 is 6.41. The van der Waals surface area contributed by atoms with Gasteiger partial charge in [-0.25, -0.2) is 0 Å². The maximum absolute atomic E-state index is 9.50. The zero-order chi connectivity index (χ0) is 14.7. The van der Waals surface area contributed by atoms with Gasteiger partial charge in [0.1, 0.15) is 0 Å². The monoisotopic (exact) mass is 292 g/mol. The summed E-state index contributed by atoms with van der Waals surface area (Å²) in [6, 6.07) is 21.8. The third-order valence-corrected chi connectivity index (χ3v) is 3.79. The second-order valence-electron chi connectivity index (χ2n) is 4.77. The van der Waals surface area contributed by atoms with Gasteiger partial charge in [-0.3, -0.25) is 0 Å². The number of hydrogen-bond donors (Lipinski definition) is 0. The highest BCUT2D eigenvalue weighted by molar-refractivity contribution is 6.31. The van der Waals surface area contributed by atoms with Crippen LogP contribution in [0.4, 0.5) is 0 Å². The van der Waals surface area contributed by atoms with Crippen LogP contribution in [0.25, 0.3) is 5.69 Å². The van der Waals surface area contributed by atoms with E-state index in [-0.39, 0.29) is 5.92 Å². The van der Waals surface area contributed by atoms with Crippen LogP contribution in [0, 0.1) is 11.3 Å². The Morgan fingerprint density at radius 1 is 0.952 bits per heavy atom. The Morgan fingerprint density at radius 2 is 1.67 bits per heavy atom. The van der Waals surface area contributed by atoms with Crippen molar-refractivity contribution in [2.75, 3.05) is 0 Å². The van der Waals surface area contributed by atoms with Crippen LogP contribution in [0.2, 0.25) is 5.02 Å². The van der Waals surface area contributed by atoms with E-state index >= 15 is 0 Å². The van der Waals surface area contributed by atoms with E-state index in [1.807, 2.05) is 77.6 Å². The highest BCUT2D eigenvalue weighted by Crippen LogP contribution is 2.31. The Kier molecular flexibility index (Phi) is 3.77. The van der Waals surface area contributed by atoms with Crippen molar-refractivity contribution < 1.29 is 0 Å². The Hall–Kier alpha value is -2.50. The minimum atomic E-state index is -0.350. The molecule has 3 aromatic rings. The molecule has 0 bridgehead atoms. The first-order valence-corrected chi connectivity index (χ1v) is 7.05. The van der Waals surface area contributed by atoms with Crippen LogP contribution in [0.1, 0.15) is 17.0 Å². The molecule has 0 N–H and O–H groups in total. The molecule has 3 heteroatoms. The van der Waals surface area contributed by atoms with Crippen molar-refractivity contribution in [2.45, 2.75) is 5.92 Å². The first-order valence-electron chi connectivity index (χ1n) is 6.67. The fourth-order valence-electron chi connectivity index (χ4n) is 2.39. The molecule has 0 saturated carbocycles. The van der Waals surface area contributed by atoms with E-state index in [0.717, 1.165) is 16.8 Å². The summed E-state index contributed by atoms with van der Waals surface area (Å²) in [7, 11) is 0. The van der Waals surface area contributed by atoms with Crippen LogP contribution in [-0.2, 0) is 0 Å². The predicted octanol–water partition coefficient (Wildman–Crippen LogP) is 4.79. The summed E-state index contributed by atoms with van der Waals surface area (Å²) in [5.74, 6) is -0.350. The molecule has 2 aromatic carbocycles. The minimum absolute atomic E-state index is 0.350. The van der Waals surface area contributed by atoms with Gasteiger partial charge in [-0.2, -0.15) is 5.26 Å². The van der Waals surface area contributed by atoms with Crippen molar-refractivity contribution in [1.82, 2.24) is 4.57 Å². The first kappa shape index (κ1) is 13.5. The van der Waals surface area contributed by atoms with Crippen molar-refractivity contribution in [2.24, 2.45) is 0 Å². The molecule has 0 spiro atoms. The van der Waals surface area contributed by atoms with Crippen molar-refractivity contribution >= 4 is 11.6 Å². The van der Waals surface area contributed by atoms with Gasteiger partial charge in [-0.1, -0.05) is 48.0 Å². The Morgan fingerprint density at radius 3 is 2.29 bits per heavy atom. The third-order valence-electron chi connectivity index (χ3n) is 3.46. The maximum Gasteiger partial charge on any atom is 0.0977 e. The normalized spacial score (nSPS) is 11.8. The summed E-state index contributed by atoms with van der Waals surface area (Å²) in [6.45, 7) is 0. The largest absolute Gasteiger partial charge is 0.324 e. The summed E-state index contributed by atoms with van der Waals surface area (Å²) in [5.41, 5.74) is 2.77. The number of aromatic nitrogens is 1. The summed E-state index contributed by atoms with van der Waals surface area (Å²) in [6.07, 6.45) is 3.93. The topological polar surface area (TPSA) is 28.7 Å². The highest BCUT2D eigenvalue weighted by Gasteiger charge is 2.16. The van der Waals surface area contributed by atoms with Crippen LogP contribution in [0.3, 0.4) is 0 Å². The fourth-order valence-corrected chi connectivity index (χ4v) is 2.67. The van der Waals surface area contributed by atoms with Gasteiger partial charge in [0.2, 0.25) is 0 Å². The van der Waals surface area contributed by atoms with Gasteiger partial charge in [0.25, 0.3) is 0 Å². The quantitative estimate of drug-likeness (QED) is 0.682. The smallest absolute Gasteiger partial charge is 0.0977 e. The molecule has 21 heavy (non-hydrogen) atoms. The maximum atomic E-state index is 9.50. The van der Waals surface area contributed by atoms with Crippen LogP contribution in [0.5, 0.6) is 0 Å². The average molecular weight is 293 g/mol. The van der Waals surface area contributed by atoms with Crippen molar-refractivity contribution in [3.05, 3.63) is 89.2 Å². The number of nitrogens with zero attached hydrogens (tertiary/aromatic N) is 2. The van der Waals surface area contributed by atoms with E-state index in [1.165, 1.54) is 0 Å². The lowest BCUT2D eigenvalue weighted by atomic mass is 9.92. The number of hydrogen-bond acceptors (Lipinski definition) is 1. The van der Waals surface area contributed by atoms with Gasteiger partial charge in [0, 0.05) is 23.1 Å². The Labute approximate surface area is 128 Å². The van der Waals surface area contributed by atoms with Gasteiger partial charge < -0.3 is 4.57 Å². The molecule has 0 fully saturated rings. The van der Waals surface area contributed by atoms with Crippen LogP contribution < -0.4 is 0 Å². The van der Waals surface area contributed by atoms with E-state index in [0.29, 0.717) is 5.02 Å². The predicted molar refractivity (Wildman–Crippen MR) is 84.7 cm³/mol. The highest BCUT2D eigenvalue weighted by atomic mass is 35.5. The molecule has 1 aromatic heterocycles.